The summed E-state index contributed by atoms with van der Waals surface area (Å²) in [7, 11) is 0. The Morgan fingerprint density at radius 2 is 1.75 bits per heavy atom. The smallest absolute Gasteiger partial charge is 0.448 e. The average molecular weight is 182 g/mol. The van der Waals surface area contributed by atoms with E-state index in [2.05, 4.69) is 0 Å². The fraction of sp³-hybridized carbons (Fsp3) is 1.00. The summed E-state index contributed by atoms with van der Waals surface area (Å²) < 4.78 is 36.0. The van der Waals surface area contributed by atoms with Crippen LogP contribution in [-0.2, 0) is 0 Å². The zero-order valence-corrected chi connectivity index (χ0v) is 7.86. The van der Waals surface area contributed by atoms with Crippen LogP contribution in [0.3, 0.4) is 0 Å². The Balaban J connectivity index is 3.99. The topological polar surface area (TPSA) is 3.24 Å². The molecule has 5 heteroatoms. The van der Waals surface area contributed by atoms with Gasteiger partial charge in [-0.25, -0.2) is 0 Å². The maximum Gasteiger partial charge on any atom is 0.492 e. The number of rotatable bonds is 5. The monoisotopic (exact) mass is 182 g/mol. The van der Waals surface area contributed by atoms with Gasteiger partial charge in [0.05, 0.1) is 0 Å². The molecule has 0 saturated carbocycles. The zero-order valence-electron chi connectivity index (χ0n) is 7.86. The van der Waals surface area contributed by atoms with Gasteiger partial charge in [0.2, 0.25) is 0 Å². The lowest BCUT2D eigenvalue weighted by atomic mass is 9.90. The van der Waals surface area contributed by atoms with E-state index in [0.717, 1.165) is 6.42 Å². The van der Waals surface area contributed by atoms with Crippen molar-refractivity contribution in [1.82, 2.24) is 4.90 Å². The van der Waals surface area contributed by atoms with Crippen LogP contribution >= 0.6 is 0 Å². The molecule has 0 aromatic heterocycles. The van der Waals surface area contributed by atoms with Gasteiger partial charge >= 0.3 is 6.98 Å². The second-order valence-corrected chi connectivity index (χ2v) is 3.06. The summed E-state index contributed by atoms with van der Waals surface area (Å²) in [5, 5.41) is 0. The molecule has 0 aliphatic heterocycles. The molecule has 0 aliphatic carbocycles. The highest BCUT2D eigenvalue weighted by atomic mass is 19.4. The van der Waals surface area contributed by atoms with Crippen LogP contribution in [0.4, 0.5) is 12.9 Å². The molecule has 0 bridgehead atoms. The minimum Gasteiger partial charge on any atom is -0.448 e. The van der Waals surface area contributed by atoms with E-state index in [1.165, 1.54) is 4.90 Å². The number of hydrogen-bond acceptors (Lipinski definition) is 1. The first kappa shape index (κ1) is 11.8. The van der Waals surface area contributed by atoms with Crippen molar-refractivity contribution in [3.8, 4) is 0 Å². The van der Waals surface area contributed by atoms with Crippen molar-refractivity contribution in [2.45, 2.75) is 33.2 Å². The van der Waals surface area contributed by atoms with Crippen molar-refractivity contribution in [2.24, 2.45) is 0 Å². The van der Waals surface area contributed by atoms with Crippen LogP contribution in [-0.4, -0.2) is 30.9 Å². The van der Waals surface area contributed by atoms with Gasteiger partial charge in [-0.3, -0.25) is 0 Å². The molecular weight excluding hydrogens is 166 g/mol. The molecule has 0 rings (SSSR count). The van der Waals surface area contributed by atoms with Gasteiger partial charge in [-0.1, -0.05) is 13.8 Å². The van der Waals surface area contributed by atoms with Crippen molar-refractivity contribution < 1.29 is 12.9 Å². The quantitative estimate of drug-likeness (QED) is 0.590. The average Bonchev–Trinajstić information content (AvgIpc) is 1.97. The maximum atomic E-state index is 12.0. The summed E-state index contributed by atoms with van der Waals surface area (Å²) in [6.45, 7) is 1.28. The molecule has 0 heterocycles. The second kappa shape index (κ2) is 4.75. The Labute approximate surface area is 72.0 Å². The van der Waals surface area contributed by atoms with Crippen molar-refractivity contribution >= 4 is 6.98 Å². The molecule has 0 aromatic rings. The third-order valence-corrected chi connectivity index (χ3v) is 2.06. The molecule has 1 nitrogen and oxygen atoms in total. The highest BCUT2D eigenvalue weighted by molar-refractivity contribution is 6.58. The fourth-order valence-electron chi connectivity index (χ4n) is 1.14. The van der Waals surface area contributed by atoms with Crippen molar-refractivity contribution in [1.29, 1.82) is 0 Å². The van der Waals surface area contributed by atoms with Crippen LogP contribution in [0.1, 0.15) is 27.2 Å². The standard InChI is InChI=1S/C7H16BF3N/c1-4-7(3)12(5-2)6-8(9,10)11/h7H,4-6H2,1-3H3/q-1. The van der Waals surface area contributed by atoms with E-state index < -0.39 is 13.4 Å². The maximum absolute atomic E-state index is 12.0. The highest BCUT2D eigenvalue weighted by Crippen LogP contribution is 2.13. The van der Waals surface area contributed by atoms with E-state index in [1.807, 2.05) is 13.8 Å². The van der Waals surface area contributed by atoms with Crippen LogP contribution in [0.15, 0.2) is 0 Å². The van der Waals surface area contributed by atoms with Crippen molar-refractivity contribution in [3.63, 3.8) is 0 Å². The minimum absolute atomic E-state index is 0.0264. The second-order valence-electron chi connectivity index (χ2n) is 3.06. The van der Waals surface area contributed by atoms with E-state index in [4.69, 9.17) is 0 Å². The summed E-state index contributed by atoms with van der Waals surface area (Å²) in [5.74, 6) is 0. The first-order valence-electron chi connectivity index (χ1n) is 4.35. The molecule has 1 unspecified atom stereocenters. The SMILES string of the molecule is CCC(C)N(CC)C[B-](F)(F)F. The Hall–Kier alpha value is -0.185. The van der Waals surface area contributed by atoms with Gasteiger partial charge in [-0.2, -0.15) is 0 Å². The summed E-state index contributed by atoms with van der Waals surface area (Å²) in [6, 6.07) is 0.0264. The Morgan fingerprint density at radius 1 is 1.25 bits per heavy atom. The van der Waals surface area contributed by atoms with Crippen LogP contribution in [0.25, 0.3) is 0 Å². The Morgan fingerprint density at radius 3 is 2.00 bits per heavy atom. The van der Waals surface area contributed by atoms with Crippen LogP contribution in [0.5, 0.6) is 0 Å². The van der Waals surface area contributed by atoms with Crippen LogP contribution in [0, 0.1) is 0 Å². The summed E-state index contributed by atoms with van der Waals surface area (Å²) >= 11 is 0. The first-order valence-corrected chi connectivity index (χ1v) is 4.35. The van der Waals surface area contributed by atoms with Crippen molar-refractivity contribution in [2.75, 3.05) is 13.0 Å². The predicted octanol–water partition coefficient (Wildman–Crippen LogP) is 2.49. The molecule has 0 amide bonds. The normalized spacial score (nSPS) is 15.2. The predicted molar refractivity (Wildman–Crippen MR) is 46.1 cm³/mol. The van der Waals surface area contributed by atoms with E-state index in [9.17, 15) is 12.9 Å². The molecule has 0 N–H and O–H groups in total. The number of nitrogens with zero attached hydrogens (tertiary/aromatic N) is 1. The number of hydrogen-bond donors (Lipinski definition) is 0. The molecule has 1 atom stereocenters. The van der Waals surface area contributed by atoms with E-state index in [0.29, 0.717) is 6.54 Å². The Bertz CT molecular complexity index is 126. The molecule has 74 valence electrons. The first-order chi connectivity index (χ1) is 5.40. The molecule has 12 heavy (non-hydrogen) atoms. The Kier molecular flexibility index (Phi) is 4.67. The van der Waals surface area contributed by atoms with E-state index in [-0.39, 0.29) is 6.04 Å². The molecule has 0 aromatic carbocycles. The lowest BCUT2D eigenvalue weighted by molar-refractivity contribution is 0.223. The zero-order chi connectivity index (χ0) is 9.78. The molecule has 0 saturated heterocycles. The van der Waals surface area contributed by atoms with Gasteiger partial charge in [0.25, 0.3) is 0 Å². The van der Waals surface area contributed by atoms with Gasteiger partial charge in [0.15, 0.2) is 0 Å². The minimum atomic E-state index is -4.67. The van der Waals surface area contributed by atoms with Gasteiger partial charge in [-0.05, 0) is 26.3 Å². The number of halogens is 3. The molecule has 0 radical (unpaired) electrons. The van der Waals surface area contributed by atoms with Crippen LogP contribution < -0.4 is 0 Å². The lowest BCUT2D eigenvalue weighted by Crippen LogP contribution is -2.42. The van der Waals surface area contributed by atoms with Crippen LogP contribution in [0.2, 0.25) is 0 Å². The van der Waals surface area contributed by atoms with Gasteiger partial charge in [0.1, 0.15) is 0 Å². The summed E-state index contributed by atoms with van der Waals surface area (Å²) in [6.07, 6.45) is 0.0332. The van der Waals surface area contributed by atoms with Crippen molar-refractivity contribution in [3.05, 3.63) is 0 Å². The summed E-state index contributed by atoms with van der Waals surface area (Å²) in [4.78, 5) is 1.46. The molecule has 0 spiro atoms. The highest BCUT2D eigenvalue weighted by Gasteiger charge is 2.27. The lowest BCUT2D eigenvalue weighted by Gasteiger charge is -2.31. The van der Waals surface area contributed by atoms with Gasteiger partial charge < -0.3 is 17.8 Å². The third-order valence-electron chi connectivity index (χ3n) is 2.06. The largest absolute Gasteiger partial charge is 0.492 e. The van der Waals surface area contributed by atoms with Gasteiger partial charge in [-0.15, -0.1) is 0 Å². The van der Waals surface area contributed by atoms with E-state index >= 15 is 0 Å². The molecule has 0 aliphatic rings. The molecule has 0 fully saturated rings. The molecular formula is C7H16BF3N-. The fourth-order valence-corrected chi connectivity index (χ4v) is 1.14. The summed E-state index contributed by atoms with van der Waals surface area (Å²) in [5.41, 5.74) is 0. The van der Waals surface area contributed by atoms with Gasteiger partial charge in [0, 0.05) is 6.04 Å². The van der Waals surface area contributed by atoms with E-state index in [1.54, 1.807) is 6.92 Å². The third kappa shape index (κ3) is 4.64.